The first-order chi connectivity index (χ1) is 6.20. The van der Waals surface area contributed by atoms with E-state index in [1.165, 1.54) is 0 Å². The Bertz CT molecular complexity index is 284. The van der Waals surface area contributed by atoms with Crippen LogP contribution in [0.15, 0.2) is 24.5 Å². The molecule has 2 heterocycles. The molecule has 70 valence electrons. The van der Waals surface area contributed by atoms with Crippen LogP contribution in [0.25, 0.3) is 0 Å². The molecular weight excluding hydrogens is 164 g/mol. The first kappa shape index (κ1) is 8.66. The molecule has 1 aromatic rings. The van der Waals surface area contributed by atoms with Crippen molar-refractivity contribution in [2.24, 2.45) is 0 Å². The van der Waals surface area contributed by atoms with E-state index >= 15 is 0 Å². The van der Waals surface area contributed by atoms with Gasteiger partial charge in [0.1, 0.15) is 6.04 Å². The summed E-state index contributed by atoms with van der Waals surface area (Å²) in [6, 6.07) is 4.00. The van der Waals surface area contributed by atoms with Crippen LogP contribution in [0, 0.1) is 5.21 Å². The number of hydroxylamine groups is 3. The standard InChI is InChI=1S/C10H14N2O/c1-12(13)7-3-5-10(12)9-4-2-6-11-8-9/h2,4,6,8,10H,3,5,7H2,1H3/t10-,12-/m0/s1. The molecule has 1 aromatic heterocycles. The van der Waals surface area contributed by atoms with Gasteiger partial charge in [-0.2, -0.15) is 0 Å². The van der Waals surface area contributed by atoms with Crippen LogP contribution >= 0.6 is 0 Å². The van der Waals surface area contributed by atoms with Crippen molar-refractivity contribution in [1.29, 1.82) is 0 Å². The van der Waals surface area contributed by atoms with Gasteiger partial charge in [-0.3, -0.25) is 4.98 Å². The molecule has 0 bridgehead atoms. The van der Waals surface area contributed by atoms with Gasteiger partial charge in [-0.1, -0.05) is 6.07 Å². The molecule has 3 nitrogen and oxygen atoms in total. The quantitative estimate of drug-likeness (QED) is 0.486. The summed E-state index contributed by atoms with van der Waals surface area (Å²) in [7, 11) is 1.75. The topological polar surface area (TPSA) is 36.0 Å². The Morgan fingerprint density at radius 2 is 2.46 bits per heavy atom. The van der Waals surface area contributed by atoms with Gasteiger partial charge in [0.25, 0.3) is 0 Å². The van der Waals surface area contributed by atoms with Crippen LogP contribution in [0.3, 0.4) is 0 Å². The average molecular weight is 178 g/mol. The summed E-state index contributed by atoms with van der Waals surface area (Å²) in [6.45, 7) is 0.736. The second-order valence-electron chi connectivity index (χ2n) is 3.84. The van der Waals surface area contributed by atoms with E-state index < -0.39 is 0 Å². The molecule has 0 radical (unpaired) electrons. The maximum atomic E-state index is 11.9. The molecule has 13 heavy (non-hydrogen) atoms. The second-order valence-corrected chi connectivity index (χ2v) is 3.84. The summed E-state index contributed by atoms with van der Waals surface area (Å²) in [4.78, 5) is 4.05. The zero-order chi connectivity index (χ0) is 9.31. The second kappa shape index (κ2) is 3.09. The number of likely N-dealkylation sites (tertiary alicyclic amines) is 1. The van der Waals surface area contributed by atoms with Gasteiger partial charge in [0, 0.05) is 30.8 Å². The van der Waals surface area contributed by atoms with Crippen LogP contribution < -0.4 is 0 Å². The molecule has 2 atom stereocenters. The average Bonchev–Trinajstić information content (AvgIpc) is 2.47. The van der Waals surface area contributed by atoms with E-state index in [4.69, 9.17) is 0 Å². The largest absolute Gasteiger partial charge is 0.633 e. The molecule has 0 aromatic carbocycles. The summed E-state index contributed by atoms with van der Waals surface area (Å²) in [5.74, 6) is 0. The summed E-state index contributed by atoms with van der Waals surface area (Å²) in [5.41, 5.74) is 1.08. The van der Waals surface area contributed by atoms with E-state index in [-0.39, 0.29) is 10.7 Å². The highest BCUT2D eigenvalue weighted by Gasteiger charge is 2.32. The van der Waals surface area contributed by atoms with Crippen LogP contribution in [0.5, 0.6) is 0 Å². The summed E-state index contributed by atoms with van der Waals surface area (Å²) < 4.78 is -0.133. The Kier molecular flexibility index (Phi) is 2.06. The predicted octanol–water partition coefficient (Wildman–Crippen LogP) is 1.86. The molecule has 1 aliphatic rings. The Hall–Kier alpha value is -0.930. The lowest BCUT2D eigenvalue weighted by atomic mass is 10.1. The number of aromatic nitrogens is 1. The van der Waals surface area contributed by atoms with Crippen LogP contribution in [0.4, 0.5) is 0 Å². The summed E-state index contributed by atoms with van der Waals surface area (Å²) in [6.07, 6.45) is 5.57. The fourth-order valence-corrected chi connectivity index (χ4v) is 2.08. The maximum Gasteiger partial charge on any atom is 0.116 e. The molecule has 1 aliphatic heterocycles. The minimum atomic E-state index is -0.133. The number of hydrogen-bond acceptors (Lipinski definition) is 2. The molecule has 0 N–H and O–H groups in total. The van der Waals surface area contributed by atoms with E-state index in [9.17, 15) is 5.21 Å². The van der Waals surface area contributed by atoms with Gasteiger partial charge in [0.2, 0.25) is 0 Å². The molecule has 1 saturated heterocycles. The fourth-order valence-electron chi connectivity index (χ4n) is 2.08. The summed E-state index contributed by atoms with van der Waals surface area (Å²) in [5, 5.41) is 11.9. The molecular formula is C10H14N2O. The maximum absolute atomic E-state index is 11.9. The summed E-state index contributed by atoms with van der Waals surface area (Å²) >= 11 is 0. The van der Waals surface area contributed by atoms with Crippen molar-refractivity contribution in [2.75, 3.05) is 13.6 Å². The van der Waals surface area contributed by atoms with Crippen LogP contribution in [-0.2, 0) is 0 Å². The SMILES string of the molecule is C[N@+]1([O-])CCC[C@H]1c1cccnc1. The van der Waals surface area contributed by atoms with Gasteiger partial charge in [0.05, 0.1) is 13.6 Å². The van der Waals surface area contributed by atoms with Gasteiger partial charge < -0.3 is 9.85 Å². The monoisotopic (exact) mass is 178 g/mol. The Morgan fingerprint density at radius 3 is 3.00 bits per heavy atom. The van der Waals surface area contributed by atoms with Gasteiger partial charge >= 0.3 is 0 Å². The normalized spacial score (nSPS) is 33.5. The number of rotatable bonds is 1. The molecule has 0 amide bonds. The van der Waals surface area contributed by atoms with Crippen molar-refractivity contribution >= 4 is 0 Å². The highest BCUT2D eigenvalue weighted by atomic mass is 16.5. The van der Waals surface area contributed by atoms with Crippen molar-refractivity contribution in [3.8, 4) is 0 Å². The van der Waals surface area contributed by atoms with Crippen molar-refractivity contribution in [3.05, 3.63) is 35.3 Å². The highest BCUT2D eigenvalue weighted by Crippen LogP contribution is 2.35. The molecule has 0 unspecified atom stereocenters. The Morgan fingerprint density at radius 1 is 1.62 bits per heavy atom. The number of quaternary nitrogens is 1. The zero-order valence-corrected chi connectivity index (χ0v) is 7.81. The predicted molar refractivity (Wildman–Crippen MR) is 50.6 cm³/mol. The molecule has 2 rings (SSSR count). The van der Waals surface area contributed by atoms with Crippen molar-refractivity contribution in [2.45, 2.75) is 18.9 Å². The van der Waals surface area contributed by atoms with Crippen molar-refractivity contribution in [3.63, 3.8) is 0 Å². The lowest BCUT2D eigenvalue weighted by Gasteiger charge is -2.40. The van der Waals surface area contributed by atoms with Crippen LogP contribution in [0.2, 0.25) is 0 Å². The van der Waals surface area contributed by atoms with E-state index in [0.717, 1.165) is 24.9 Å². The molecule has 0 aliphatic carbocycles. The third kappa shape index (κ3) is 1.57. The van der Waals surface area contributed by atoms with Crippen molar-refractivity contribution < 1.29 is 4.65 Å². The number of hydrogen-bond donors (Lipinski definition) is 0. The fraction of sp³-hybridized carbons (Fsp3) is 0.500. The van der Waals surface area contributed by atoms with Crippen LogP contribution in [-0.4, -0.2) is 23.2 Å². The number of pyridine rings is 1. The third-order valence-corrected chi connectivity index (χ3v) is 2.81. The van der Waals surface area contributed by atoms with Gasteiger partial charge in [0.15, 0.2) is 0 Å². The van der Waals surface area contributed by atoms with Gasteiger partial charge in [-0.15, -0.1) is 0 Å². The molecule has 3 heteroatoms. The minimum absolute atomic E-state index is 0.105. The van der Waals surface area contributed by atoms with Gasteiger partial charge in [-0.25, -0.2) is 0 Å². The van der Waals surface area contributed by atoms with E-state index in [1.54, 1.807) is 13.2 Å². The molecule has 0 saturated carbocycles. The highest BCUT2D eigenvalue weighted by molar-refractivity contribution is 5.12. The molecule has 1 fully saturated rings. The van der Waals surface area contributed by atoms with E-state index in [1.807, 2.05) is 18.3 Å². The zero-order valence-electron chi connectivity index (χ0n) is 7.81. The first-order valence-corrected chi connectivity index (χ1v) is 4.66. The van der Waals surface area contributed by atoms with E-state index in [0.29, 0.717) is 0 Å². The minimum Gasteiger partial charge on any atom is -0.633 e. The third-order valence-electron chi connectivity index (χ3n) is 2.81. The van der Waals surface area contributed by atoms with Crippen molar-refractivity contribution in [1.82, 2.24) is 4.98 Å². The molecule has 0 spiro atoms. The smallest absolute Gasteiger partial charge is 0.116 e. The van der Waals surface area contributed by atoms with Crippen LogP contribution in [0.1, 0.15) is 24.4 Å². The Labute approximate surface area is 78.2 Å². The first-order valence-electron chi connectivity index (χ1n) is 4.66. The number of nitrogens with zero attached hydrogens (tertiary/aromatic N) is 2. The Balaban J connectivity index is 2.27. The van der Waals surface area contributed by atoms with E-state index in [2.05, 4.69) is 4.98 Å². The van der Waals surface area contributed by atoms with Gasteiger partial charge in [-0.05, 0) is 6.07 Å². The lowest BCUT2D eigenvalue weighted by molar-refractivity contribution is -0.878. The lowest BCUT2D eigenvalue weighted by Crippen LogP contribution is -2.36.